The molecule has 0 radical (unpaired) electrons. The maximum absolute atomic E-state index is 5.22. The number of aryl methyl sites for hydroxylation is 2. The number of benzene rings is 1. The average molecular weight is 241 g/mol. The van der Waals surface area contributed by atoms with E-state index in [0.29, 0.717) is 0 Å². The summed E-state index contributed by atoms with van der Waals surface area (Å²) in [6.07, 6.45) is 8.38. The lowest BCUT2D eigenvalue weighted by atomic mass is 10.0. The summed E-state index contributed by atoms with van der Waals surface area (Å²) < 4.78 is 5.22. The van der Waals surface area contributed by atoms with Gasteiger partial charge in [0, 0.05) is 12.4 Å². The van der Waals surface area contributed by atoms with E-state index in [1.807, 2.05) is 18.5 Å². The fraction of sp³-hybridized carbons (Fsp3) is 0.312. The van der Waals surface area contributed by atoms with E-state index in [-0.39, 0.29) is 0 Å². The standard InChI is InChI=1S/C16H19NO/c1-18-16-8-4-7-15(13-16)6-3-2-5-14-9-11-17-12-10-14/h4,7-13H,2-3,5-6H2,1H3. The third-order valence-corrected chi connectivity index (χ3v) is 3.06. The summed E-state index contributed by atoms with van der Waals surface area (Å²) in [7, 11) is 1.71. The topological polar surface area (TPSA) is 22.1 Å². The molecule has 1 heterocycles. The van der Waals surface area contributed by atoms with E-state index in [1.165, 1.54) is 24.0 Å². The molecular formula is C16H19NO. The van der Waals surface area contributed by atoms with Gasteiger partial charge < -0.3 is 4.74 Å². The fourth-order valence-electron chi connectivity index (χ4n) is 2.04. The van der Waals surface area contributed by atoms with Crippen LogP contribution in [0.3, 0.4) is 0 Å². The SMILES string of the molecule is COc1cccc(CCCCc2ccncc2)c1. The summed E-state index contributed by atoms with van der Waals surface area (Å²) in [5, 5.41) is 0. The van der Waals surface area contributed by atoms with E-state index in [4.69, 9.17) is 4.74 Å². The Morgan fingerprint density at radius 3 is 2.39 bits per heavy atom. The smallest absolute Gasteiger partial charge is 0.119 e. The highest BCUT2D eigenvalue weighted by molar-refractivity contribution is 5.28. The van der Waals surface area contributed by atoms with Gasteiger partial charge in [-0.2, -0.15) is 0 Å². The van der Waals surface area contributed by atoms with E-state index in [2.05, 4.69) is 35.3 Å². The van der Waals surface area contributed by atoms with Gasteiger partial charge in [-0.3, -0.25) is 4.98 Å². The van der Waals surface area contributed by atoms with Crippen LogP contribution in [0, 0.1) is 0 Å². The Hall–Kier alpha value is -1.83. The van der Waals surface area contributed by atoms with Crippen LogP contribution in [0.4, 0.5) is 0 Å². The molecule has 0 saturated heterocycles. The first-order valence-electron chi connectivity index (χ1n) is 6.40. The molecule has 94 valence electrons. The molecule has 1 aromatic carbocycles. The normalized spacial score (nSPS) is 10.3. The molecule has 0 amide bonds. The second kappa shape index (κ2) is 6.80. The fourth-order valence-corrected chi connectivity index (χ4v) is 2.04. The molecule has 18 heavy (non-hydrogen) atoms. The van der Waals surface area contributed by atoms with Crippen LogP contribution in [0.25, 0.3) is 0 Å². The van der Waals surface area contributed by atoms with E-state index < -0.39 is 0 Å². The number of hydrogen-bond donors (Lipinski definition) is 0. The summed E-state index contributed by atoms with van der Waals surface area (Å²) in [6.45, 7) is 0. The van der Waals surface area contributed by atoms with Gasteiger partial charge in [-0.15, -0.1) is 0 Å². The van der Waals surface area contributed by atoms with E-state index in [9.17, 15) is 0 Å². The molecule has 0 saturated carbocycles. The minimum absolute atomic E-state index is 0.946. The third kappa shape index (κ3) is 3.88. The molecule has 2 heteroatoms. The van der Waals surface area contributed by atoms with Gasteiger partial charge in [0.05, 0.1) is 7.11 Å². The Kier molecular flexibility index (Phi) is 4.77. The Bertz CT molecular complexity index is 468. The molecule has 0 bridgehead atoms. The van der Waals surface area contributed by atoms with Gasteiger partial charge in [-0.1, -0.05) is 12.1 Å². The zero-order chi connectivity index (χ0) is 12.6. The first kappa shape index (κ1) is 12.6. The van der Waals surface area contributed by atoms with Crippen LogP contribution in [0.1, 0.15) is 24.0 Å². The van der Waals surface area contributed by atoms with Crippen molar-refractivity contribution in [1.29, 1.82) is 0 Å². The van der Waals surface area contributed by atoms with Crippen molar-refractivity contribution in [2.45, 2.75) is 25.7 Å². The van der Waals surface area contributed by atoms with Crippen molar-refractivity contribution in [2.75, 3.05) is 7.11 Å². The van der Waals surface area contributed by atoms with Gasteiger partial charge in [0.1, 0.15) is 5.75 Å². The zero-order valence-corrected chi connectivity index (χ0v) is 10.8. The van der Waals surface area contributed by atoms with Crippen molar-refractivity contribution in [1.82, 2.24) is 4.98 Å². The van der Waals surface area contributed by atoms with Gasteiger partial charge in [-0.05, 0) is 61.1 Å². The molecule has 0 aliphatic heterocycles. The van der Waals surface area contributed by atoms with Crippen LogP contribution < -0.4 is 4.74 Å². The maximum atomic E-state index is 5.22. The van der Waals surface area contributed by atoms with Gasteiger partial charge in [0.15, 0.2) is 0 Å². The molecule has 0 aliphatic carbocycles. The van der Waals surface area contributed by atoms with Crippen molar-refractivity contribution in [2.24, 2.45) is 0 Å². The van der Waals surface area contributed by atoms with Crippen molar-refractivity contribution >= 4 is 0 Å². The summed E-state index contributed by atoms with van der Waals surface area (Å²) in [6, 6.07) is 12.5. The summed E-state index contributed by atoms with van der Waals surface area (Å²) in [4.78, 5) is 4.03. The highest BCUT2D eigenvalue weighted by atomic mass is 16.5. The van der Waals surface area contributed by atoms with Gasteiger partial charge >= 0.3 is 0 Å². The first-order valence-corrected chi connectivity index (χ1v) is 6.40. The van der Waals surface area contributed by atoms with Gasteiger partial charge in [-0.25, -0.2) is 0 Å². The van der Waals surface area contributed by atoms with Crippen molar-refractivity contribution in [3.05, 3.63) is 59.9 Å². The average Bonchev–Trinajstić information content (AvgIpc) is 2.45. The minimum atomic E-state index is 0.946. The van der Waals surface area contributed by atoms with Crippen LogP contribution in [-0.2, 0) is 12.8 Å². The van der Waals surface area contributed by atoms with Crippen molar-refractivity contribution < 1.29 is 4.74 Å². The van der Waals surface area contributed by atoms with Gasteiger partial charge in [0.25, 0.3) is 0 Å². The molecule has 1 aromatic heterocycles. The molecule has 0 atom stereocenters. The molecule has 0 fully saturated rings. The lowest BCUT2D eigenvalue weighted by Gasteiger charge is -2.04. The number of ether oxygens (including phenoxy) is 1. The Labute approximate surface area is 109 Å². The Morgan fingerprint density at radius 1 is 0.944 bits per heavy atom. The minimum Gasteiger partial charge on any atom is -0.497 e. The molecule has 0 aliphatic rings. The number of pyridine rings is 1. The maximum Gasteiger partial charge on any atom is 0.119 e. The summed E-state index contributed by atoms with van der Waals surface area (Å²) >= 11 is 0. The molecule has 2 aromatic rings. The molecule has 0 N–H and O–H groups in total. The number of hydrogen-bond acceptors (Lipinski definition) is 2. The lowest BCUT2D eigenvalue weighted by molar-refractivity contribution is 0.414. The highest BCUT2D eigenvalue weighted by Crippen LogP contribution is 2.15. The second-order valence-corrected chi connectivity index (χ2v) is 4.41. The van der Waals surface area contributed by atoms with Crippen LogP contribution in [0.2, 0.25) is 0 Å². The number of aromatic nitrogens is 1. The second-order valence-electron chi connectivity index (χ2n) is 4.41. The van der Waals surface area contributed by atoms with E-state index >= 15 is 0 Å². The Morgan fingerprint density at radius 2 is 1.67 bits per heavy atom. The van der Waals surface area contributed by atoms with Crippen molar-refractivity contribution in [3.8, 4) is 5.75 Å². The number of unbranched alkanes of at least 4 members (excludes halogenated alkanes) is 1. The predicted octanol–water partition coefficient (Wildman–Crippen LogP) is 3.66. The first-order chi connectivity index (χ1) is 8.88. The molecular weight excluding hydrogens is 222 g/mol. The molecule has 2 rings (SSSR count). The highest BCUT2D eigenvalue weighted by Gasteiger charge is 1.97. The van der Waals surface area contributed by atoms with Crippen LogP contribution in [0.5, 0.6) is 5.75 Å². The zero-order valence-electron chi connectivity index (χ0n) is 10.8. The largest absolute Gasteiger partial charge is 0.497 e. The number of methoxy groups -OCH3 is 1. The summed E-state index contributed by atoms with van der Waals surface area (Å²) in [5.74, 6) is 0.946. The number of nitrogens with zero attached hydrogens (tertiary/aromatic N) is 1. The van der Waals surface area contributed by atoms with Gasteiger partial charge in [0.2, 0.25) is 0 Å². The van der Waals surface area contributed by atoms with E-state index in [1.54, 1.807) is 7.11 Å². The van der Waals surface area contributed by atoms with Crippen LogP contribution >= 0.6 is 0 Å². The number of rotatable bonds is 6. The quantitative estimate of drug-likeness (QED) is 0.720. The molecule has 2 nitrogen and oxygen atoms in total. The van der Waals surface area contributed by atoms with Crippen LogP contribution in [-0.4, -0.2) is 12.1 Å². The van der Waals surface area contributed by atoms with E-state index in [0.717, 1.165) is 18.6 Å². The molecule has 0 unspecified atom stereocenters. The predicted molar refractivity (Wildman–Crippen MR) is 73.9 cm³/mol. The Balaban J connectivity index is 1.75. The monoisotopic (exact) mass is 241 g/mol. The van der Waals surface area contributed by atoms with Crippen molar-refractivity contribution in [3.63, 3.8) is 0 Å². The lowest BCUT2D eigenvalue weighted by Crippen LogP contribution is -1.90. The molecule has 0 spiro atoms. The van der Waals surface area contributed by atoms with Crippen LogP contribution in [0.15, 0.2) is 48.8 Å². The summed E-state index contributed by atoms with van der Waals surface area (Å²) in [5.41, 5.74) is 2.72. The third-order valence-electron chi connectivity index (χ3n) is 3.06.